The molecule has 2 unspecified atom stereocenters. The summed E-state index contributed by atoms with van der Waals surface area (Å²) < 4.78 is 101. The Morgan fingerprint density at radius 1 is 0.877 bits per heavy atom. The van der Waals surface area contributed by atoms with Crippen molar-refractivity contribution in [3.63, 3.8) is 0 Å². The summed E-state index contributed by atoms with van der Waals surface area (Å²) in [5, 5.41) is 15.3. The number of hydrogen-bond donors (Lipinski definition) is 0. The van der Waals surface area contributed by atoms with Crippen LogP contribution >= 0.6 is 0 Å². The van der Waals surface area contributed by atoms with E-state index in [9.17, 15) is 36.4 Å². The van der Waals surface area contributed by atoms with Gasteiger partial charge in [0, 0.05) is 17.4 Å². The normalized spacial score (nSPS) is 22.1. The Balaban J connectivity index is 1.52. The van der Waals surface area contributed by atoms with Gasteiger partial charge in [-0.05, 0) is 52.7 Å². The fraction of sp³-hybridized carbons (Fsp3) is 0.537. The Bertz CT molecular complexity index is 2120. The lowest BCUT2D eigenvalue weighted by Crippen LogP contribution is -2.49. The third-order valence-corrected chi connectivity index (χ3v) is 10.9. The van der Waals surface area contributed by atoms with Crippen LogP contribution in [0.1, 0.15) is 93.5 Å². The van der Waals surface area contributed by atoms with Gasteiger partial charge in [-0.15, -0.1) is 31.4 Å². The van der Waals surface area contributed by atoms with Crippen molar-refractivity contribution in [3.8, 4) is 29.0 Å². The fourth-order valence-electron chi connectivity index (χ4n) is 7.91. The largest absolute Gasteiger partial charge is 0.491 e. The maximum Gasteiger partial charge on any atom is 0.491 e. The number of allylic oxidation sites excluding steroid dienone is 1. The van der Waals surface area contributed by atoms with Crippen molar-refractivity contribution in [2.24, 2.45) is 33.6 Å². The molecule has 1 aromatic heterocycles. The van der Waals surface area contributed by atoms with E-state index in [4.69, 9.17) is 19.2 Å². The quantitative estimate of drug-likeness (QED) is 0.142. The van der Waals surface area contributed by atoms with E-state index in [1.54, 1.807) is 0 Å². The maximum atomic E-state index is 14.6. The molecule has 0 amide bonds. The number of aliphatic imine (C=N–C) groups is 1. The highest BCUT2D eigenvalue weighted by molar-refractivity contribution is 6.30. The molecule has 306 valence electrons. The van der Waals surface area contributed by atoms with Gasteiger partial charge in [0.2, 0.25) is 6.79 Å². The summed E-state index contributed by atoms with van der Waals surface area (Å²) in [6.45, 7) is 20.3. The van der Waals surface area contributed by atoms with Crippen molar-refractivity contribution in [2.45, 2.75) is 106 Å². The summed E-state index contributed by atoms with van der Waals surface area (Å²) in [6, 6.07) is 10.9. The number of nitriles is 1. The number of alkyl halides is 6. The molecule has 57 heavy (non-hydrogen) atoms. The first kappa shape index (κ1) is 41.6. The number of ether oxygens (including phenoxy) is 3. The van der Waals surface area contributed by atoms with E-state index in [2.05, 4.69) is 79.3 Å². The van der Waals surface area contributed by atoms with Crippen LogP contribution in [0.4, 0.5) is 37.7 Å². The van der Waals surface area contributed by atoms with Crippen molar-refractivity contribution in [2.75, 3.05) is 11.7 Å². The minimum Gasteiger partial charge on any atom is -0.458 e. The number of carbonyl (C=O) groups is 1. The average molecular weight is 801 g/mol. The van der Waals surface area contributed by atoms with Crippen molar-refractivity contribution in [1.82, 2.24) is 14.8 Å². The highest BCUT2D eigenvalue weighted by Gasteiger charge is 2.56. The molecule has 0 N–H and O–H groups in total. The monoisotopic (exact) mass is 800 g/mol. The van der Waals surface area contributed by atoms with Gasteiger partial charge in [-0.1, -0.05) is 93.5 Å². The van der Waals surface area contributed by atoms with E-state index in [0.29, 0.717) is 17.5 Å². The first-order chi connectivity index (χ1) is 26.2. The maximum absolute atomic E-state index is 14.6. The molecule has 1 fully saturated rings. The average Bonchev–Trinajstić information content (AvgIpc) is 3.79. The summed E-state index contributed by atoms with van der Waals surface area (Å²) in [5.41, 5.74) is -1.26. The number of anilines is 1. The van der Waals surface area contributed by atoms with Gasteiger partial charge < -0.3 is 14.2 Å². The molecular weight excluding hydrogens is 754 g/mol. The molecule has 1 aliphatic carbocycles. The molecule has 0 saturated heterocycles. The molecule has 2 atom stereocenters. The Labute approximate surface area is 327 Å². The molecule has 1 saturated carbocycles. The molecule has 2 aliphatic heterocycles. The molecule has 0 bridgehead atoms. The lowest BCUT2D eigenvalue weighted by Gasteiger charge is -2.50. The van der Waals surface area contributed by atoms with Gasteiger partial charge in [0.05, 0.1) is 5.69 Å². The van der Waals surface area contributed by atoms with Gasteiger partial charge >= 0.3 is 18.6 Å². The van der Waals surface area contributed by atoms with E-state index in [-0.39, 0.29) is 62.4 Å². The third kappa shape index (κ3) is 7.94. The van der Waals surface area contributed by atoms with Gasteiger partial charge in [0.15, 0.2) is 29.0 Å². The standard InChI is InChI=1S/C41H46F6N6O4/c1-21-17-25(38(5,6)7)30(26(18-21)39(8,9)10)57-36(54)29-24(19-48)34(52-35(29)50-33(51-52)22-11-13-23(14-12-22)37(2,3)4)49-27-15-16-28(32-31(27)55-20-56-32)53(40(42,43)44)41(45,46)47/h11-16,21,25-26,30H,17-18,20H2,1-10H3. The van der Waals surface area contributed by atoms with Crippen LogP contribution in [0, 0.1) is 39.9 Å². The molecule has 3 aromatic rings. The number of aromatic nitrogens is 3. The van der Waals surface area contributed by atoms with E-state index < -0.39 is 53.6 Å². The number of nitrogens with zero attached hydrogens (tertiary/aromatic N) is 6. The second-order valence-electron chi connectivity index (χ2n) is 18.1. The molecule has 3 heterocycles. The first-order valence-corrected chi connectivity index (χ1v) is 18.6. The van der Waals surface area contributed by atoms with Gasteiger partial charge in [0.1, 0.15) is 29.0 Å². The number of hydrogen-bond acceptors (Lipinski definition) is 9. The van der Waals surface area contributed by atoms with Crippen LogP contribution in [-0.4, -0.2) is 52.1 Å². The smallest absolute Gasteiger partial charge is 0.458 e. The minimum absolute atomic E-state index is 0.0453. The number of rotatable bonds is 5. The van der Waals surface area contributed by atoms with Crippen molar-refractivity contribution in [3.05, 3.63) is 53.4 Å². The predicted molar refractivity (Wildman–Crippen MR) is 201 cm³/mol. The Hall–Kier alpha value is -5.07. The van der Waals surface area contributed by atoms with Gasteiger partial charge in [-0.25, -0.2) is 14.8 Å². The SMILES string of the molecule is CC1CC(C(C)(C)C)C(OC(=O)C2=C(C#N)C(=Nc3ccc(N(C(F)(F)F)C(F)(F)F)c4c3OCO4)n3nc(-c4ccc(C(C)(C)C)cc4)nc32)C(C(C)(C)C)C1. The van der Waals surface area contributed by atoms with Crippen molar-refractivity contribution < 1.29 is 45.3 Å². The van der Waals surface area contributed by atoms with E-state index in [0.717, 1.165) is 29.2 Å². The highest BCUT2D eigenvalue weighted by atomic mass is 19.4. The van der Waals surface area contributed by atoms with Crippen molar-refractivity contribution >= 4 is 28.8 Å². The number of esters is 1. The molecule has 2 aromatic carbocycles. The van der Waals surface area contributed by atoms with E-state index in [1.165, 1.54) is 0 Å². The van der Waals surface area contributed by atoms with Crippen LogP contribution in [-0.2, 0) is 14.9 Å². The summed E-state index contributed by atoms with van der Waals surface area (Å²) in [4.78, 5) is 22.1. The number of carbonyl (C=O) groups excluding carboxylic acids is 1. The summed E-state index contributed by atoms with van der Waals surface area (Å²) >= 11 is 0. The summed E-state index contributed by atoms with van der Waals surface area (Å²) in [7, 11) is 0. The van der Waals surface area contributed by atoms with Crippen LogP contribution in [0.25, 0.3) is 17.0 Å². The van der Waals surface area contributed by atoms with Crippen LogP contribution in [0.3, 0.4) is 0 Å². The van der Waals surface area contributed by atoms with Crippen LogP contribution in [0.15, 0.2) is 47.0 Å². The topological polar surface area (TPSA) is 115 Å². The minimum atomic E-state index is -5.87. The number of benzene rings is 2. The second kappa shape index (κ2) is 14.1. The van der Waals surface area contributed by atoms with Gasteiger partial charge in [-0.3, -0.25) is 0 Å². The zero-order chi connectivity index (χ0) is 42.2. The molecular formula is C41H46F6N6O4. The highest BCUT2D eigenvalue weighted by Crippen LogP contribution is 2.53. The molecule has 0 spiro atoms. The van der Waals surface area contributed by atoms with Crippen molar-refractivity contribution in [1.29, 1.82) is 5.26 Å². The lowest BCUT2D eigenvalue weighted by molar-refractivity contribution is -0.227. The lowest BCUT2D eigenvalue weighted by atomic mass is 9.59. The zero-order valence-electron chi connectivity index (χ0n) is 33.5. The van der Waals surface area contributed by atoms with Crippen LogP contribution in [0.2, 0.25) is 0 Å². The number of halogens is 6. The first-order valence-electron chi connectivity index (χ1n) is 18.6. The number of fused-ring (bicyclic) bond motifs is 2. The molecule has 16 heteroatoms. The van der Waals surface area contributed by atoms with E-state index >= 15 is 0 Å². The summed E-state index contributed by atoms with van der Waals surface area (Å²) in [6.07, 6.45) is -10.7. The Kier molecular flexibility index (Phi) is 10.3. The Morgan fingerprint density at radius 2 is 1.44 bits per heavy atom. The zero-order valence-corrected chi connectivity index (χ0v) is 33.5. The summed E-state index contributed by atoms with van der Waals surface area (Å²) in [5.74, 6) is -2.14. The second-order valence-corrected chi connectivity index (χ2v) is 18.1. The van der Waals surface area contributed by atoms with Crippen LogP contribution < -0.4 is 14.4 Å². The molecule has 10 nitrogen and oxygen atoms in total. The van der Waals surface area contributed by atoms with Crippen LogP contribution in [0.5, 0.6) is 11.5 Å². The predicted octanol–water partition coefficient (Wildman–Crippen LogP) is 10.4. The van der Waals surface area contributed by atoms with Gasteiger partial charge in [0.25, 0.3) is 0 Å². The molecule has 0 radical (unpaired) electrons. The fourth-order valence-corrected chi connectivity index (χ4v) is 7.91. The Morgan fingerprint density at radius 3 is 1.95 bits per heavy atom. The van der Waals surface area contributed by atoms with E-state index in [1.807, 2.05) is 30.3 Å². The third-order valence-electron chi connectivity index (χ3n) is 10.9. The molecule has 3 aliphatic rings. The van der Waals surface area contributed by atoms with Gasteiger partial charge in [-0.2, -0.15) is 14.8 Å². The molecule has 6 rings (SSSR count).